The van der Waals surface area contributed by atoms with Crippen molar-refractivity contribution in [3.05, 3.63) is 28.2 Å². The third-order valence-electron chi connectivity index (χ3n) is 2.92. The predicted octanol–water partition coefficient (Wildman–Crippen LogP) is 1.56. The minimum atomic E-state index is -3.93. The summed E-state index contributed by atoms with van der Waals surface area (Å²) < 4.78 is 27.8. The summed E-state index contributed by atoms with van der Waals surface area (Å²) in [5.74, 6) is -1.22. The highest BCUT2D eigenvalue weighted by Gasteiger charge is 2.17. The van der Waals surface area contributed by atoms with Crippen molar-refractivity contribution in [2.75, 3.05) is 13.2 Å². The first kappa shape index (κ1) is 19.6. The quantitative estimate of drug-likeness (QED) is 0.501. The first-order valence-corrected chi connectivity index (χ1v) is 9.35. The minimum absolute atomic E-state index is 0.0182. The fraction of sp³-hybridized carbons (Fsp3) is 0.429. The van der Waals surface area contributed by atoms with Gasteiger partial charge in [-0.25, -0.2) is 18.4 Å². The van der Waals surface area contributed by atoms with E-state index in [4.69, 9.17) is 9.88 Å². The van der Waals surface area contributed by atoms with Crippen molar-refractivity contribution in [2.24, 2.45) is 5.14 Å². The molecule has 7 nitrogen and oxygen atoms in total. The van der Waals surface area contributed by atoms with E-state index < -0.39 is 28.5 Å². The molecule has 0 atom stereocenters. The van der Waals surface area contributed by atoms with Crippen molar-refractivity contribution in [1.29, 1.82) is 0 Å². The number of unbranched alkanes of at least 4 members (excludes halogenated alkanes) is 2. The second kappa shape index (κ2) is 8.99. The van der Waals surface area contributed by atoms with Crippen LogP contribution in [0.5, 0.6) is 0 Å². The Hall–Kier alpha value is -1.45. The molecule has 0 fully saturated rings. The molecular weight excluding hydrogens is 388 g/mol. The van der Waals surface area contributed by atoms with E-state index in [1.54, 1.807) is 0 Å². The van der Waals surface area contributed by atoms with Crippen LogP contribution < -0.4 is 10.5 Å². The highest BCUT2D eigenvalue weighted by molar-refractivity contribution is 9.10. The molecule has 0 bridgehead atoms. The monoisotopic (exact) mass is 406 g/mol. The maximum atomic E-state index is 12.0. The number of rotatable bonds is 8. The molecule has 0 aliphatic heterocycles. The van der Waals surface area contributed by atoms with Crippen molar-refractivity contribution < 1.29 is 22.7 Å². The molecule has 0 saturated heterocycles. The van der Waals surface area contributed by atoms with Gasteiger partial charge in [0.2, 0.25) is 10.0 Å². The normalized spacial score (nSPS) is 11.1. The smallest absolute Gasteiger partial charge is 0.339 e. The van der Waals surface area contributed by atoms with Gasteiger partial charge in [0.05, 0.1) is 10.5 Å². The van der Waals surface area contributed by atoms with E-state index in [9.17, 15) is 18.0 Å². The Balaban J connectivity index is 2.63. The lowest BCUT2D eigenvalue weighted by Crippen LogP contribution is -2.29. The maximum absolute atomic E-state index is 12.0. The number of sulfonamides is 1. The molecule has 1 rings (SSSR count). The van der Waals surface area contributed by atoms with Gasteiger partial charge in [-0.2, -0.15) is 0 Å². The lowest BCUT2D eigenvalue weighted by Gasteiger charge is -2.08. The van der Waals surface area contributed by atoms with Crippen LogP contribution in [0.1, 0.15) is 36.5 Å². The molecule has 0 aliphatic carbocycles. The minimum Gasteiger partial charge on any atom is -0.452 e. The van der Waals surface area contributed by atoms with Gasteiger partial charge in [-0.05, 0) is 40.5 Å². The molecule has 1 amide bonds. The number of hydrogen-bond donors (Lipinski definition) is 2. The summed E-state index contributed by atoms with van der Waals surface area (Å²) in [6.07, 6.45) is 2.91. The van der Waals surface area contributed by atoms with E-state index in [0.29, 0.717) is 11.0 Å². The summed E-state index contributed by atoms with van der Waals surface area (Å²) in [5, 5.41) is 7.65. The molecule has 9 heteroatoms. The third-order valence-corrected chi connectivity index (χ3v) is 4.53. The Morgan fingerprint density at radius 3 is 2.61 bits per heavy atom. The van der Waals surface area contributed by atoms with Gasteiger partial charge in [-0.1, -0.05) is 19.8 Å². The molecule has 0 saturated carbocycles. The molecule has 0 heterocycles. The van der Waals surface area contributed by atoms with E-state index >= 15 is 0 Å². The molecule has 0 radical (unpaired) electrons. The third kappa shape index (κ3) is 6.67. The number of nitrogens with two attached hydrogens (primary N) is 1. The topological polar surface area (TPSA) is 116 Å². The number of esters is 1. The molecule has 23 heavy (non-hydrogen) atoms. The Morgan fingerprint density at radius 2 is 2.00 bits per heavy atom. The van der Waals surface area contributed by atoms with Crippen LogP contribution in [-0.4, -0.2) is 33.4 Å². The van der Waals surface area contributed by atoms with E-state index in [0.717, 1.165) is 25.3 Å². The number of ether oxygens (including phenoxy) is 1. The van der Waals surface area contributed by atoms with Gasteiger partial charge in [0, 0.05) is 11.0 Å². The van der Waals surface area contributed by atoms with Crippen molar-refractivity contribution in [3.8, 4) is 0 Å². The van der Waals surface area contributed by atoms with E-state index in [-0.39, 0.29) is 10.5 Å². The standard InChI is InChI=1S/C14H19BrN2O5S/c1-2-3-4-7-17-13(18)9-22-14(19)11-8-10(23(16,20)21)5-6-12(11)15/h5-6,8H,2-4,7,9H2,1H3,(H,17,18)(H2,16,20,21). The van der Waals surface area contributed by atoms with Gasteiger partial charge in [0.1, 0.15) is 0 Å². The molecule has 1 aromatic rings. The van der Waals surface area contributed by atoms with Gasteiger partial charge in [-0.15, -0.1) is 0 Å². The summed E-state index contributed by atoms with van der Waals surface area (Å²) in [6.45, 7) is 2.14. The number of primary sulfonamides is 1. The van der Waals surface area contributed by atoms with Gasteiger partial charge in [0.25, 0.3) is 5.91 Å². The summed E-state index contributed by atoms with van der Waals surface area (Å²) in [5.41, 5.74) is -0.0182. The molecule has 0 aliphatic rings. The summed E-state index contributed by atoms with van der Waals surface area (Å²) in [4.78, 5) is 23.3. The highest BCUT2D eigenvalue weighted by Crippen LogP contribution is 2.21. The molecule has 128 valence electrons. The number of carbonyl (C=O) groups excluding carboxylic acids is 2. The van der Waals surface area contributed by atoms with Crippen LogP contribution >= 0.6 is 15.9 Å². The second-order valence-electron chi connectivity index (χ2n) is 4.82. The van der Waals surface area contributed by atoms with Crippen LogP contribution in [0.2, 0.25) is 0 Å². The maximum Gasteiger partial charge on any atom is 0.339 e. The van der Waals surface area contributed by atoms with Crippen LogP contribution in [0.15, 0.2) is 27.6 Å². The Labute approximate surface area is 143 Å². The lowest BCUT2D eigenvalue weighted by atomic mass is 10.2. The fourth-order valence-electron chi connectivity index (χ4n) is 1.70. The van der Waals surface area contributed by atoms with Crippen molar-refractivity contribution in [1.82, 2.24) is 5.32 Å². The summed E-state index contributed by atoms with van der Waals surface area (Å²) in [6, 6.07) is 3.73. The lowest BCUT2D eigenvalue weighted by molar-refractivity contribution is -0.124. The first-order chi connectivity index (χ1) is 10.8. The predicted molar refractivity (Wildman–Crippen MR) is 88.3 cm³/mol. The Kier molecular flexibility index (Phi) is 7.66. The number of hydrogen-bond acceptors (Lipinski definition) is 5. The molecule has 1 aromatic carbocycles. The largest absolute Gasteiger partial charge is 0.452 e. The van der Waals surface area contributed by atoms with Gasteiger partial charge >= 0.3 is 5.97 Å². The van der Waals surface area contributed by atoms with Crippen molar-refractivity contribution in [3.63, 3.8) is 0 Å². The van der Waals surface area contributed by atoms with Crippen LogP contribution in [0.25, 0.3) is 0 Å². The van der Waals surface area contributed by atoms with E-state index in [1.807, 2.05) is 0 Å². The summed E-state index contributed by atoms with van der Waals surface area (Å²) in [7, 11) is -3.93. The number of nitrogens with one attached hydrogen (secondary N) is 1. The van der Waals surface area contributed by atoms with Crippen LogP contribution in [0.4, 0.5) is 0 Å². The zero-order valence-corrected chi connectivity index (χ0v) is 15.1. The molecule has 0 spiro atoms. The SMILES string of the molecule is CCCCCNC(=O)COC(=O)c1cc(S(N)(=O)=O)ccc1Br. The average molecular weight is 407 g/mol. The molecular formula is C14H19BrN2O5S. The second-order valence-corrected chi connectivity index (χ2v) is 7.24. The number of amides is 1. The average Bonchev–Trinajstić information content (AvgIpc) is 2.48. The zero-order chi connectivity index (χ0) is 17.5. The van der Waals surface area contributed by atoms with Crippen LogP contribution in [-0.2, 0) is 19.6 Å². The highest BCUT2D eigenvalue weighted by atomic mass is 79.9. The molecule has 0 unspecified atom stereocenters. The van der Waals surface area contributed by atoms with Crippen LogP contribution in [0, 0.1) is 0 Å². The van der Waals surface area contributed by atoms with Crippen LogP contribution in [0.3, 0.4) is 0 Å². The van der Waals surface area contributed by atoms with Gasteiger partial charge in [0.15, 0.2) is 6.61 Å². The summed E-state index contributed by atoms with van der Waals surface area (Å²) >= 11 is 3.13. The first-order valence-electron chi connectivity index (χ1n) is 7.02. The zero-order valence-electron chi connectivity index (χ0n) is 12.7. The molecule has 0 aromatic heterocycles. The number of benzene rings is 1. The van der Waals surface area contributed by atoms with E-state index in [1.165, 1.54) is 12.1 Å². The fourth-order valence-corrected chi connectivity index (χ4v) is 2.65. The number of halogens is 1. The number of carbonyl (C=O) groups is 2. The van der Waals surface area contributed by atoms with E-state index in [2.05, 4.69) is 28.2 Å². The van der Waals surface area contributed by atoms with Crippen molar-refractivity contribution in [2.45, 2.75) is 31.1 Å². The Morgan fingerprint density at radius 1 is 1.30 bits per heavy atom. The molecule has 3 N–H and O–H groups in total. The van der Waals surface area contributed by atoms with Gasteiger partial charge in [-0.3, -0.25) is 4.79 Å². The van der Waals surface area contributed by atoms with Gasteiger partial charge < -0.3 is 10.1 Å². The van der Waals surface area contributed by atoms with Crippen molar-refractivity contribution >= 4 is 37.8 Å². The Bertz CT molecular complexity index is 676.